The number of aryl methyl sites for hydroxylation is 4. The van der Waals surface area contributed by atoms with Gasteiger partial charge in [-0.3, -0.25) is 14.6 Å². The van der Waals surface area contributed by atoms with E-state index in [0.717, 1.165) is 84.2 Å². The average Bonchev–Trinajstić information content (AvgIpc) is 3.31. The number of nitrogens with zero attached hydrogens (tertiary/aromatic N) is 4. The predicted molar refractivity (Wildman–Crippen MR) is 181 cm³/mol. The van der Waals surface area contributed by atoms with Crippen LogP contribution in [0.2, 0.25) is 0 Å². The molecule has 2 aromatic carbocycles. The van der Waals surface area contributed by atoms with E-state index in [1.54, 1.807) is 16.8 Å². The van der Waals surface area contributed by atoms with E-state index in [9.17, 15) is 0 Å². The number of allylic oxidation sites excluding steroid dienone is 1. The molecule has 1 aromatic heterocycles. The third kappa shape index (κ3) is 7.91. The van der Waals surface area contributed by atoms with E-state index in [2.05, 4.69) is 37.7 Å². The lowest BCUT2D eigenvalue weighted by atomic mass is 9.83. The van der Waals surface area contributed by atoms with E-state index >= 15 is 8.78 Å². The normalized spacial score (nSPS) is 20.2. The Morgan fingerprint density at radius 3 is 2.60 bits per heavy atom. The summed E-state index contributed by atoms with van der Waals surface area (Å²) < 4.78 is 38.5. The second-order valence-electron chi connectivity index (χ2n) is 13.5. The molecule has 0 amide bonds. The Kier molecular flexibility index (Phi) is 11.2. The summed E-state index contributed by atoms with van der Waals surface area (Å²) in [6.07, 6.45) is 8.55. The van der Waals surface area contributed by atoms with Gasteiger partial charge in [-0.1, -0.05) is 45.7 Å². The number of fused-ring (bicyclic) bond motifs is 1. The van der Waals surface area contributed by atoms with Crippen molar-refractivity contribution < 1.29 is 13.5 Å². The Morgan fingerprint density at radius 2 is 1.84 bits per heavy atom. The molecular formula is C38H52F2N4O. The molecule has 0 spiro atoms. The Labute approximate surface area is 268 Å². The van der Waals surface area contributed by atoms with Gasteiger partial charge in [-0.2, -0.15) is 5.10 Å². The Hall–Kier alpha value is -2.90. The molecular weight excluding hydrogens is 566 g/mol. The van der Waals surface area contributed by atoms with Crippen molar-refractivity contribution in [2.24, 2.45) is 29.8 Å². The number of ether oxygens (including phenoxy) is 1. The number of hydrogen-bond donors (Lipinski definition) is 0. The van der Waals surface area contributed by atoms with Crippen molar-refractivity contribution in [2.45, 2.75) is 92.4 Å². The molecule has 0 radical (unpaired) electrons. The van der Waals surface area contributed by atoms with Gasteiger partial charge in [-0.15, -0.1) is 0 Å². The maximum absolute atomic E-state index is 15.2. The Bertz CT molecular complexity index is 1540. The largest absolute Gasteiger partial charge is 0.360 e. The van der Waals surface area contributed by atoms with Crippen LogP contribution in [-0.4, -0.2) is 46.8 Å². The lowest BCUT2D eigenvalue weighted by Gasteiger charge is -2.35. The van der Waals surface area contributed by atoms with Crippen LogP contribution in [0, 0.1) is 36.3 Å². The summed E-state index contributed by atoms with van der Waals surface area (Å²) in [4.78, 5) is 7.52. The van der Waals surface area contributed by atoms with E-state index in [1.807, 2.05) is 32.2 Å². The SMILES string of the molecule is CCCCc1ccc(C2=NC(COCN3CCC[C@H](C(C)CC)C3)=C(C)C(CCc3cc4c(C)n(C)nc4cc3F)C2)cc1F. The quantitative estimate of drug-likeness (QED) is 0.192. The van der Waals surface area contributed by atoms with Crippen molar-refractivity contribution in [3.63, 3.8) is 0 Å². The monoisotopic (exact) mass is 618 g/mol. The molecule has 3 aromatic rings. The van der Waals surface area contributed by atoms with E-state index in [0.29, 0.717) is 37.3 Å². The summed E-state index contributed by atoms with van der Waals surface area (Å²) in [5.74, 6) is 1.24. The first-order chi connectivity index (χ1) is 21.7. The molecule has 1 saturated heterocycles. The maximum Gasteiger partial charge on any atom is 0.128 e. The zero-order chi connectivity index (χ0) is 32.1. The number of hydrogen-bond acceptors (Lipinski definition) is 4. The summed E-state index contributed by atoms with van der Waals surface area (Å²) >= 11 is 0. The van der Waals surface area contributed by atoms with Gasteiger partial charge in [0.05, 0.1) is 24.6 Å². The molecule has 7 heteroatoms. The van der Waals surface area contributed by atoms with Crippen LogP contribution in [0.25, 0.3) is 10.9 Å². The van der Waals surface area contributed by atoms with Crippen LogP contribution >= 0.6 is 0 Å². The molecule has 244 valence electrons. The van der Waals surface area contributed by atoms with Crippen LogP contribution in [0.5, 0.6) is 0 Å². The number of piperidine rings is 1. The molecule has 2 aliphatic heterocycles. The topological polar surface area (TPSA) is 42.6 Å². The zero-order valence-corrected chi connectivity index (χ0v) is 28.3. The summed E-state index contributed by atoms with van der Waals surface area (Å²) in [5.41, 5.74) is 7.01. The minimum absolute atomic E-state index is 0.160. The fraction of sp³-hybridized carbons (Fsp3) is 0.579. The van der Waals surface area contributed by atoms with E-state index in [1.165, 1.54) is 24.8 Å². The highest BCUT2D eigenvalue weighted by Gasteiger charge is 2.26. The molecule has 3 atom stereocenters. The number of unbranched alkanes of at least 4 members (excludes halogenated alkanes) is 1. The van der Waals surface area contributed by atoms with Crippen molar-refractivity contribution in [1.82, 2.24) is 14.7 Å². The van der Waals surface area contributed by atoms with Crippen molar-refractivity contribution in [2.75, 3.05) is 26.4 Å². The number of likely N-dealkylation sites (tertiary alicyclic amines) is 1. The summed E-state index contributed by atoms with van der Waals surface area (Å²) in [6.45, 7) is 14.1. The van der Waals surface area contributed by atoms with Gasteiger partial charge in [0.25, 0.3) is 0 Å². The molecule has 0 aliphatic carbocycles. The lowest BCUT2D eigenvalue weighted by molar-refractivity contribution is 0.00745. The molecule has 2 unspecified atom stereocenters. The summed E-state index contributed by atoms with van der Waals surface area (Å²) in [5, 5.41) is 5.44. The summed E-state index contributed by atoms with van der Waals surface area (Å²) in [6, 6.07) is 9.11. The van der Waals surface area contributed by atoms with Crippen LogP contribution in [0.1, 0.15) is 95.0 Å². The fourth-order valence-electron chi connectivity index (χ4n) is 7.05. The second kappa shape index (κ2) is 15.1. The van der Waals surface area contributed by atoms with E-state index in [4.69, 9.17) is 9.73 Å². The predicted octanol–water partition coefficient (Wildman–Crippen LogP) is 8.95. The number of benzene rings is 2. The molecule has 0 N–H and O–H groups in total. The molecule has 45 heavy (non-hydrogen) atoms. The number of aromatic nitrogens is 2. The molecule has 5 rings (SSSR count). The van der Waals surface area contributed by atoms with Gasteiger partial charge in [0.15, 0.2) is 0 Å². The third-order valence-corrected chi connectivity index (χ3v) is 10.5. The van der Waals surface area contributed by atoms with Crippen LogP contribution in [-0.2, 0) is 24.6 Å². The van der Waals surface area contributed by atoms with Gasteiger partial charge in [0, 0.05) is 43.0 Å². The smallest absolute Gasteiger partial charge is 0.128 e. The van der Waals surface area contributed by atoms with Gasteiger partial charge in [-0.25, -0.2) is 8.78 Å². The van der Waals surface area contributed by atoms with Gasteiger partial charge in [0.2, 0.25) is 0 Å². The zero-order valence-electron chi connectivity index (χ0n) is 28.3. The molecule has 0 saturated carbocycles. The molecule has 5 nitrogen and oxygen atoms in total. The molecule has 3 heterocycles. The van der Waals surface area contributed by atoms with Gasteiger partial charge in [-0.05, 0) is 111 Å². The van der Waals surface area contributed by atoms with Crippen LogP contribution in [0.15, 0.2) is 46.6 Å². The van der Waals surface area contributed by atoms with Crippen molar-refractivity contribution >= 4 is 16.6 Å². The first kappa shape index (κ1) is 33.5. The fourth-order valence-corrected chi connectivity index (χ4v) is 7.05. The van der Waals surface area contributed by atoms with Crippen molar-refractivity contribution in [1.29, 1.82) is 0 Å². The minimum atomic E-state index is -0.211. The highest BCUT2D eigenvalue weighted by atomic mass is 19.1. The van der Waals surface area contributed by atoms with Crippen LogP contribution in [0.4, 0.5) is 8.78 Å². The molecule has 2 aliphatic rings. The van der Waals surface area contributed by atoms with Gasteiger partial charge >= 0.3 is 0 Å². The Morgan fingerprint density at radius 1 is 1.04 bits per heavy atom. The minimum Gasteiger partial charge on any atom is -0.360 e. The highest BCUT2D eigenvalue weighted by molar-refractivity contribution is 6.02. The third-order valence-electron chi connectivity index (χ3n) is 10.5. The molecule has 0 bridgehead atoms. The number of rotatable bonds is 13. The van der Waals surface area contributed by atoms with Gasteiger partial charge in [0.1, 0.15) is 11.6 Å². The lowest BCUT2D eigenvalue weighted by Crippen LogP contribution is -2.39. The molecule has 1 fully saturated rings. The highest BCUT2D eigenvalue weighted by Crippen LogP contribution is 2.33. The first-order valence-electron chi connectivity index (χ1n) is 17.2. The standard InChI is InChI=1S/C38H52F2N4O/c1-7-9-11-28-13-16-31(19-34(28)39)36-20-29(14-15-30-18-33-27(5)43(6)42-37(33)21-35(30)40)26(4)38(41-36)23-45-24-44-17-10-12-32(22-44)25(3)8-2/h13,16,18-19,21,25,29,32H,7-12,14-15,17,20,22-24H2,1-6H3/t25?,29?,32-/m0/s1. The van der Waals surface area contributed by atoms with Gasteiger partial charge < -0.3 is 4.74 Å². The first-order valence-corrected chi connectivity index (χ1v) is 17.2. The number of aliphatic imine (C=N–C) groups is 1. The van der Waals surface area contributed by atoms with Crippen LogP contribution in [0.3, 0.4) is 0 Å². The van der Waals surface area contributed by atoms with E-state index in [-0.39, 0.29) is 17.6 Å². The Balaban J connectivity index is 1.34. The average molecular weight is 619 g/mol. The second-order valence-corrected chi connectivity index (χ2v) is 13.5. The summed E-state index contributed by atoms with van der Waals surface area (Å²) in [7, 11) is 1.89. The maximum atomic E-state index is 15.2. The van der Waals surface area contributed by atoms with Crippen molar-refractivity contribution in [3.8, 4) is 0 Å². The number of halogens is 2. The van der Waals surface area contributed by atoms with E-state index < -0.39 is 0 Å². The van der Waals surface area contributed by atoms with Crippen LogP contribution < -0.4 is 0 Å². The van der Waals surface area contributed by atoms with Crippen molar-refractivity contribution in [3.05, 3.63) is 75.6 Å².